The highest BCUT2D eigenvalue weighted by molar-refractivity contribution is 7.89. The number of aromatic amines is 1. The number of likely N-dealkylation sites (tertiary alicyclic amines) is 1. The summed E-state index contributed by atoms with van der Waals surface area (Å²) in [6, 6.07) is 0. The molecule has 1 aliphatic heterocycles. The second kappa shape index (κ2) is 7.35. The van der Waals surface area contributed by atoms with Crippen molar-refractivity contribution < 1.29 is 13.5 Å². The van der Waals surface area contributed by atoms with Crippen LogP contribution in [-0.4, -0.2) is 61.2 Å². The second-order valence-electron chi connectivity index (χ2n) is 5.41. The lowest BCUT2D eigenvalue weighted by molar-refractivity contribution is 0.133. The van der Waals surface area contributed by atoms with E-state index >= 15 is 0 Å². The monoisotopic (exact) mass is 316 g/mol. The molecule has 1 fully saturated rings. The molecule has 0 saturated carbocycles. The van der Waals surface area contributed by atoms with Gasteiger partial charge in [-0.3, -0.25) is 0 Å². The van der Waals surface area contributed by atoms with E-state index in [4.69, 9.17) is 5.11 Å². The molecule has 8 heteroatoms. The van der Waals surface area contributed by atoms with Crippen LogP contribution in [0.1, 0.15) is 25.6 Å². The van der Waals surface area contributed by atoms with Gasteiger partial charge in [0, 0.05) is 26.1 Å². The van der Waals surface area contributed by atoms with Gasteiger partial charge >= 0.3 is 0 Å². The maximum absolute atomic E-state index is 12.1. The Kier molecular flexibility index (Phi) is 5.74. The number of hydrogen-bond acceptors (Lipinski definition) is 5. The molecule has 0 bridgehead atoms. The molecule has 2 heterocycles. The minimum Gasteiger partial charge on any atom is -0.396 e. The van der Waals surface area contributed by atoms with E-state index in [9.17, 15) is 8.42 Å². The number of aromatic nitrogens is 2. The molecule has 0 aromatic carbocycles. The zero-order valence-corrected chi connectivity index (χ0v) is 13.2. The number of aliphatic hydroxyl groups excluding tert-OH is 1. The van der Waals surface area contributed by atoms with E-state index in [1.54, 1.807) is 0 Å². The largest absolute Gasteiger partial charge is 0.396 e. The Hall–Kier alpha value is -0.960. The quantitative estimate of drug-likeness (QED) is 0.655. The summed E-state index contributed by atoms with van der Waals surface area (Å²) in [6.07, 6.45) is 3.98. The van der Waals surface area contributed by atoms with Gasteiger partial charge in [-0.2, -0.15) is 0 Å². The molecule has 7 nitrogen and oxygen atoms in total. The SMILES string of the molecule is CCc1ncc(S(=O)(=O)NCCN2CCC(CO)CC2)[nH]1. The molecular weight excluding hydrogens is 292 g/mol. The molecule has 0 atom stereocenters. The number of sulfonamides is 1. The third kappa shape index (κ3) is 4.50. The highest BCUT2D eigenvalue weighted by atomic mass is 32.2. The number of aliphatic hydroxyl groups is 1. The highest BCUT2D eigenvalue weighted by Gasteiger charge is 2.20. The van der Waals surface area contributed by atoms with Crippen LogP contribution in [-0.2, 0) is 16.4 Å². The van der Waals surface area contributed by atoms with E-state index in [1.165, 1.54) is 6.20 Å². The first-order valence-corrected chi connectivity index (χ1v) is 8.90. The smallest absolute Gasteiger partial charge is 0.257 e. The first-order chi connectivity index (χ1) is 10.0. The minimum atomic E-state index is -3.50. The fraction of sp³-hybridized carbons (Fsp3) is 0.769. The van der Waals surface area contributed by atoms with Gasteiger partial charge < -0.3 is 15.0 Å². The summed E-state index contributed by atoms with van der Waals surface area (Å²) in [5, 5.41) is 9.21. The van der Waals surface area contributed by atoms with E-state index in [-0.39, 0.29) is 11.6 Å². The summed E-state index contributed by atoms with van der Waals surface area (Å²) >= 11 is 0. The van der Waals surface area contributed by atoms with Crippen molar-refractivity contribution >= 4 is 10.0 Å². The Morgan fingerprint density at radius 2 is 2.19 bits per heavy atom. The van der Waals surface area contributed by atoms with Crippen molar-refractivity contribution in [3.05, 3.63) is 12.0 Å². The van der Waals surface area contributed by atoms with Crippen molar-refractivity contribution in [1.82, 2.24) is 19.6 Å². The molecule has 1 saturated heterocycles. The van der Waals surface area contributed by atoms with E-state index in [0.717, 1.165) is 25.9 Å². The Labute approximate surface area is 125 Å². The molecule has 0 spiro atoms. The van der Waals surface area contributed by atoms with Gasteiger partial charge in [-0.1, -0.05) is 6.92 Å². The molecule has 3 N–H and O–H groups in total. The Morgan fingerprint density at radius 3 is 2.76 bits per heavy atom. The van der Waals surface area contributed by atoms with Crippen molar-refractivity contribution in [1.29, 1.82) is 0 Å². The van der Waals surface area contributed by atoms with Crippen LogP contribution in [0.4, 0.5) is 0 Å². The van der Waals surface area contributed by atoms with Gasteiger partial charge in [-0.25, -0.2) is 18.1 Å². The van der Waals surface area contributed by atoms with E-state index < -0.39 is 10.0 Å². The fourth-order valence-corrected chi connectivity index (χ4v) is 3.43. The fourth-order valence-electron chi connectivity index (χ4n) is 2.47. The summed E-state index contributed by atoms with van der Waals surface area (Å²) in [4.78, 5) is 9.03. The van der Waals surface area contributed by atoms with E-state index in [0.29, 0.717) is 31.3 Å². The molecule has 1 aromatic rings. The predicted molar refractivity (Wildman–Crippen MR) is 79.4 cm³/mol. The molecule has 0 unspecified atom stereocenters. The number of aryl methyl sites for hydroxylation is 1. The van der Waals surface area contributed by atoms with Gasteiger partial charge in [0.05, 0.1) is 6.20 Å². The number of piperidine rings is 1. The van der Waals surface area contributed by atoms with Crippen LogP contribution < -0.4 is 4.72 Å². The van der Waals surface area contributed by atoms with Crippen molar-refractivity contribution in [2.45, 2.75) is 31.2 Å². The molecular formula is C13H24N4O3S. The lowest BCUT2D eigenvalue weighted by atomic mass is 9.98. The van der Waals surface area contributed by atoms with Crippen molar-refractivity contribution in [3.63, 3.8) is 0 Å². The molecule has 0 aliphatic carbocycles. The Morgan fingerprint density at radius 1 is 1.48 bits per heavy atom. The summed E-state index contributed by atoms with van der Waals surface area (Å²) in [7, 11) is -3.50. The topological polar surface area (TPSA) is 98.3 Å². The van der Waals surface area contributed by atoms with Crippen LogP contribution in [0.3, 0.4) is 0 Å². The predicted octanol–water partition coefficient (Wildman–Crippen LogP) is -0.0453. The molecule has 0 radical (unpaired) electrons. The lowest BCUT2D eigenvalue weighted by Crippen LogP contribution is -2.40. The zero-order chi connectivity index (χ0) is 15.3. The molecule has 0 amide bonds. The van der Waals surface area contributed by atoms with Crippen molar-refractivity contribution in [3.8, 4) is 0 Å². The van der Waals surface area contributed by atoms with Crippen LogP contribution in [0.25, 0.3) is 0 Å². The molecule has 21 heavy (non-hydrogen) atoms. The lowest BCUT2D eigenvalue weighted by Gasteiger charge is -2.30. The summed E-state index contributed by atoms with van der Waals surface area (Å²) in [5.74, 6) is 1.07. The normalized spacial score (nSPS) is 18.2. The number of imidazole rings is 1. The maximum Gasteiger partial charge on any atom is 0.257 e. The van der Waals surface area contributed by atoms with Crippen LogP contribution in [0.2, 0.25) is 0 Å². The van der Waals surface area contributed by atoms with Crippen LogP contribution in [0, 0.1) is 5.92 Å². The number of hydrogen-bond donors (Lipinski definition) is 3. The van der Waals surface area contributed by atoms with Gasteiger partial charge in [0.25, 0.3) is 10.0 Å². The third-order valence-electron chi connectivity index (χ3n) is 3.91. The standard InChI is InChI=1S/C13H24N4O3S/c1-2-12-14-9-13(16-12)21(19,20)15-5-8-17-6-3-11(10-18)4-7-17/h9,11,15,18H,2-8,10H2,1H3,(H,14,16). The number of nitrogens with one attached hydrogen (secondary N) is 2. The Balaban J connectivity index is 1.77. The Bertz CT molecular complexity index is 535. The van der Waals surface area contributed by atoms with E-state index in [2.05, 4.69) is 19.6 Å². The first-order valence-electron chi connectivity index (χ1n) is 7.42. The van der Waals surface area contributed by atoms with Crippen LogP contribution >= 0.6 is 0 Å². The summed E-state index contributed by atoms with van der Waals surface area (Å²) in [6.45, 7) is 5.06. The van der Waals surface area contributed by atoms with Crippen molar-refractivity contribution in [2.24, 2.45) is 5.92 Å². The molecule has 2 rings (SSSR count). The molecule has 120 valence electrons. The van der Waals surface area contributed by atoms with E-state index in [1.807, 2.05) is 6.92 Å². The van der Waals surface area contributed by atoms with Gasteiger partial charge in [-0.05, 0) is 31.8 Å². The van der Waals surface area contributed by atoms with Gasteiger partial charge in [-0.15, -0.1) is 0 Å². The zero-order valence-electron chi connectivity index (χ0n) is 12.4. The van der Waals surface area contributed by atoms with Gasteiger partial charge in [0.1, 0.15) is 5.82 Å². The average Bonchev–Trinajstić information content (AvgIpc) is 2.98. The average molecular weight is 316 g/mol. The number of rotatable bonds is 7. The second-order valence-corrected chi connectivity index (χ2v) is 7.15. The molecule has 1 aromatic heterocycles. The number of nitrogens with zero attached hydrogens (tertiary/aromatic N) is 2. The minimum absolute atomic E-state index is 0.123. The number of H-pyrrole nitrogens is 1. The molecule has 1 aliphatic rings. The van der Waals surface area contributed by atoms with Gasteiger partial charge in [0.2, 0.25) is 0 Å². The highest BCUT2D eigenvalue weighted by Crippen LogP contribution is 2.15. The maximum atomic E-state index is 12.1. The van der Waals surface area contributed by atoms with Gasteiger partial charge in [0.15, 0.2) is 5.03 Å². The summed E-state index contributed by atoms with van der Waals surface area (Å²) < 4.78 is 26.7. The van der Waals surface area contributed by atoms with Crippen LogP contribution in [0.15, 0.2) is 11.2 Å². The summed E-state index contributed by atoms with van der Waals surface area (Å²) in [5.41, 5.74) is 0. The van der Waals surface area contributed by atoms with Crippen molar-refractivity contribution in [2.75, 3.05) is 32.8 Å². The third-order valence-corrected chi connectivity index (χ3v) is 5.29. The van der Waals surface area contributed by atoms with Crippen LogP contribution in [0.5, 0.6) is 0 Å². The first kappa shape index (κ1) is 16.4.